The fourth-order valence-electron chi connectivity index (χ4n) is 1.79. The number of sulfonamides is 1. The predicted molar refractivity (Wildman–Crippen MR) is 74.2 cm³/mol. The minimum Gasteiger partial charge on any atom is -0.495 e. The molecule has 0 bridgehead atoms. The number of benzene rings is 1. The summed E-state index contributed by atoms with van der Waals surface area (Å²) in [7, 11) is -2.41. The van der Waals surface area contributed by atoms with Crippen LogP contribution in [0.5, 0.6) is 5.75 Å². The van der Waals surface area contributed by atoms with Gasteiger partial charge in [-0.05, 0) is 18.6 Å². The molecule has 0 saturated carbocycles. The van der Waals surface area contributed by atoms with Crippen LogP contribution in [0.2, 0.25) is 0 Å². The molecule has 20 heavy (non-hydrogen) atoms. The third-order valence-electron chi connectivity index (χ3n) is 2.86. The molecule has 0 aliphatic carbocycles. The van der Waals surface area contributed by atoms with Crippen LogP contribution in [-0.4, -0.2) is 33.1 Å². The zero-order valence-corrected chi connectivity index (χ0v) is 12.3. The van der Waals surface area contributed by atoms with Crippen LogP contribution in [0.1, 0.15) is 19.8 Å². The highest BCUT2D eigenvalue weighted by molar-refractivity contribution is 7.89. The van der Waals surface area contributed by atoms with Crippen molar-refractivity contribution < 1.29 is 23.1 Å². The van der Waals surface area contributed by atoms with Gasteiger partial charge >= 0.3 is 5.97 Å². The molecule has 112 valence electrons. The van der Waals surface area contributed by atoms with E-state index < -0.39 is 21.9 Å². The van der Waals surface area contributed by atoms with E-state index in [2.05, 4.69) is 4.72 Å². The van der Waals surface area contributed by atoms with Gasteiger partial charge in [-0.2, -0.15) is 0 Å². The van der Waals surface area contributed by atoms with Crippen molar-refractivity contribution in [2.75, 3.05) is 13.7 Å². The Kier molecular flexibility index (Phi) is 5.97. The van der Waals surface area contributed by atoms with E-state index in [1.807, 2.05) is 6.92 Å². The number of rotatable bonds is 8. The molecule has 0 amide bonds. The SMILES string of the molecule is CCCC(CNS(=O)(=O)c1ccccc1OC)C(=O)O. The van der Waals surface area contributed by atoms with Crippen LogP contribution in [0, 0.1) is 5.92 Å². The van der Waals surface area contributed by atoms with E-state index >= 15 is 0 Å². The summed E-state index contributed by atoms with van der Waals surface area (Å²) in [4.78, 5) is 11.0. The van der Waals surface area contributed by atoms with E-state index in [1.54, 1.807) is 12.1 Å². The number of aliphatic carboxylic acids is 1. The Morgan fingerprint density at radius 1 is 1.40 bits per heavy atom. The average molecular weight is 301 g/mol. The Hall–Kier alpha value is -1.60. The van der Waals surface area contributed by atoms with Crippen LogP contribution in [0.3, 0.4) is 0 Å². The first-order valence-electron chi connectivity index (χ1n) is 6.27. The van der Waals surface area contributed by atoms with E-state index in [9.17, 15) is 13.2 Å². The minimum atomic E-state index is -3.79. The highest BCUT2D eigenvalue weighted by atomic mass is 32.2. The highest BCUT2D eigenvalue weighted by Gasteiger charge is 2.23. The van der Waals surface area contributed by atoms with Crippen LogP contribution in [0.25, 0.3) is 0 Å². The Morgan fingerprint density at radius 2 is 2.05 bits per heavy atom. The molecular formula is C13H19NO5S. The highest BCUT2D eigenvalue weighted by Crippen LogP contribution is 2.22. The van der Waals surface area contributed by atoms with Gasteiger partial charge in [0.1, 0.15) is 10.6 Å². The maximum Gasteiger partial charge on any atom is 0.307 e. The summed E-state index contributed by atoms with van der Waals surface area (Å²) >= 11 is 0. The van der Waals surface area contributed by atoms with E-state index in [0.717, 1.165) is 0 Å². The van der Waals surface area contributed by atoms with Crippen molar-refractivity contribution in [1.82, 2.24) is 4.72 Å². The number of hydrogen-bond acceptors (Lipinski definition) is 4. The fraction of sp³-hybridized carbons (Fsp3) is 0.462. The van der Waals surface area contributed by atoms with Crippen LogP contribution in [0.4, 0.5) is 0 Å². The molecule has 2 N–H and O–H groups in total. The largest absolute Gasteiger partial charge is 0.495 e. The Bertz CT molecular complexity index is 556. The molecule has 0 spiro atoms. The molecule has 1 rings (SSSR count). The van der Waals surface area contributed by atoms with Crippen molar-refractivity contribution in [2.24, 2.45) is 5.92 Å². The smallest absolute Gasteiger partial charge is 0.307 e. The monoisotopic (exact) mass is 301 g/mol. The first-order chi connectivity index (χ1) is 9.42. The quantitative estimate of drug-likeness (QED) is 0.758. The molecule has 1 unspecified atom stereocenters. The van der Waals surface area contributed by atoms with Gasteiger partial charge in [0.05, 0.1) is 13.0 Å². The third kappa shape index (κ3) is 4.21. The van der Waals surface area contributed by atoms with Crippen LogP contribution in [0.15, 0.2) is 29.2 Å². The van der Waals surface area contributed by atoms with Gasteiger partial charge in [-0.3, -0.25) is 4.79 Å². The third-order valence-corrected chi connectivity index (χ3v) is 4.33. The van der Waals surface area contributed by atoms with Gasteiger partial charge in [0.2, 0.25) is 10.0 Å². The van der Waals surface area contributed by atoms with E-state index in [4.69, 9.17) is 9.84 Å². The van der Waals surface area contributed by atoms with Crippen LogP contribution in [-0.2, 0) is 14.8 Å². The van der Waals surface area contributed by atoms with Crippen molar-refractivity contribution in [2.45, 2.75) is 24.7 Å². The number of hydrogen-bond donors (Lipinski definition) is 2. The molecule has 0 saturated heterocycles. The minimum absolute atomic E-state index is 0.00290. The number of nitrogens with one attached hydrogen (secondary N) is 1. The predicted octanol–water partition coefficient (Wildman–Crippen LogP) is 1.47. The molecule has 1 aromatic rings. The summed E-state index contributed by atoms with van der Waals surface area (Å²) in [5, 5.41) is 9.01. The molecule has 0 aromatic heterocycles. The second-order valence-corrected chi connectivity index (χ2v) is 6.06. The number of para-hydroxylation sites is 1. The molecule has 0 fully saturated rings. The topological polar surface area (TPSA) is 92.7 Å². The van der Waals surface area contributed by atoms with Gasteiger partial charge in [0.15, 0.2) is 0 Å². The first-order valence-corrected chi connectivity index (χ1v) is 7.76. The second kappa shape index (κ2) is 7.25. The summed E-state index contributed by atoms with van der Waals surface area (Å²) < 4.78 is 31.6. The number of carbonyl (C=O) groups is 1. The molecule has 1 aromatic carbocycles. The molecule has 6 nitrogen and oxygen atoms in total. The van der Waals surface area contributed by atoms with Gasteiger partial charge in [0, 0.05) is 6.54 Å². The zero-order chi connectivity index (χ0) is 15.2. The summed E-state index contributed by atoms with van der Waals surface area (Å²) in [6, 6.07) is 6.19. The van der Waals surface area contributed by atoms with Gasteiger partial charge in [-0.1, -0.05) is 25.5 Å². The molecule has 0 radical (unpaired) electrons. The maximum absolute atomic E-state index is 12.2. The molecular weight excluding hydrogens is 282 g/mol. The van der Waals surface area contributed by atoms with Crippen LogP contribution >= 0.6 is 0 Å². The molecule has 0 heterocycles. The lowest BCUT2D eigenvalue weighted by Crippen LogP contribution is -2.33. The van der Waals surface area contributed by atoms with Gasteiger partial charge < -0.3 is 9.84 Å². The maximum atomic E-state index is 12.2. The van der Waals surface area contributed by atoms with Gasteiger partial charge in [-0.25, -0.2) is 13.1 Å². The summed E-state index contributed by atoms with van der Waals surface area (Å²) in [5.74, 6) is -1.51. The summed E-state index contributed by atoms with van der Waals surface area (Å²) in [5.41, 5.74) is 0. The number of ether oxygens (including phenoxy) is 1. The molecule has 7 heteroatoms. The van der Waals surface area contributed by atoms with Crippen molar-refractivity contribution in [3.63, 3.8) is 0 Å². The van der Waals surface area contributed by atoms with E-state index in [-0.39, 0.29) is 17.2 Å². The lowest BCUT2D eigenvalue weighted by molar-refractivity contribution is -0.141. The van der Waals surface area contributed by atoms with Crippen molar-refractivity contribution >= 4 is 16.0 Å². The average Bonchev–Trinajstić information content (AvgIpc) is 2.43. The van der Waals surface area contributed by atoms with Gasteiger partial charge in [-0.15, -0.1) is 0 Å². The van der Waals surface area contributed by atoms with E-state index in [0.29, 0.717) is 12.8 Å². The van der Waals surface area contributed by atoms with Crippen molar-refractivity contribution in [1.29, 1.82) is 0 Å². The van der Waals surface area contributed by atoms with Crippen LogP contribution < -0.4 is 9.46 Å². The second-order valence-electron chi connectivity index (χ2n) is 4.33. The lowest BCUT2D eigenvalue weighted by atomic mass is 10.1. The number of carboxylic acid groups (broad SMARTS) is 1. The number of methoxy groups -OCH3 is 1. The molecule has 1 atom stereocenters. The van der Waals surface area contributed by atoms with Crippen molar-refractivity contribution in [3.8, 4) is 5.75 Å². The summed E-state index contributed by atoms with van der Waals surface area (Å²) in [6.45, 7) is 1.72. The zero-order valence-electron chi connectivity index (χ0n) is 11.5. The summed E-state index contributed by atoms with van der Waals surface area (Å²) in [6.07, 6.45) is 1.09. The van der Waals surface area contributed by atoms with Crippen molar-refractivity contribution in [3.05, 3.63) is 24.3 Å². The first kappa shape index (κ1) is 16.5. The van der Waals surface area contributed by atoms with Gasteiger partial charge in [0.25, 0.3) is 0 Å². The fourth-order valence-corrected chi connectivity index (χ4v) is 3.04. The Morgan fingerprint density at radius 3 is 2.60 bits per heavy atom. The lowest BCUT2D eigenvalue weighted by Gasteiger charge is -2.14. The van der Waals surface area contributed by atoms with E-state index in [1.165, 1.54) is 19.2 Å². The number of carboxylic acids is 1. The standard InChI is InChI=1S/C13H19NO5S/c1-3-6-10(13(15)16)9-14-20(17,18)12-8-5-4-7-11(12)19-2/h4-5,7-8,10,14H,3,6,9H2,1-2H3,(H,15,16). The molecule has 0 aliphatic heterocycles. The Balaban J connectivity index is 2.87. The Labute approximate surface area is 118 Å². The normalized spacial score (nSPS) is 12.9. The molecule has 0 aliphatic rings.